The van der Waals surface area contributed by atoms with E-state index in [1.165, 1.54) is 0 Å². The Kier molecular flexibility index (Phi) is 2.82. The lowest BCUT2D eigenvalue weighted by molar-refractivity contribution is -0.145. The number of halogens is 1. The van der Waals surface area contributed by atoms with Crippen LogP contribution in [0.5, 0.6) is 0 Å². The van der Waals surface area contributed by atoms with Gasteiger partial charge in [0.15, 0.2) is 0 Å². The van der Waals surface area contributed by atoms with E-state index in [4.69, 9.17) is 4.74 Å². The SMILES string of the molecule is CCOC(=O)[C@@H]1CC(F)CN1. The van der Waals surface area contributed by atoms with Gasteiger partial charge in [-0.15, -0.1) is 0 Å². The van der Waals surface area contributed by atoms with E-state index in [0.717, 1.165) is 0 Å². The van der Waals surface area contributed by atoms with Gasteiger partial charge >= 0.3 is 5.97 Å². The molecule has 0 radical (unpaired) electrons. The highest BCUT2D eigenvalue weighted by Gasteiger charge is 2.29. The summed E-state index contributed by atoms with van der Waals surface area (Å²) in [5.41, 5.74) is 0. The van der Waals surface area contributed by atoms with Crippen LogP contribution in [0.2, 0.25) is 0 Å². The largest absolute Gasteiger partial charge is 0.465 e. The second kappa shape index (κ2) is 3.67. The van der Waals surface area contributed by atoms with Crippen LogP contribution in [0.25, 0.3) is 0 Å². The summed E-state index contributed by atoms with van der Waals surface area (Å²) in [4.78, 5) is 10.9. The molecule has 0 spiro atoms. The minimum absolute atomic E-state index is 0.249. The van der Waals surface area contributed by atoms with Gasteiger partial charge in [-0.25, -0.2) is 4.39 Å². The molecule has 0 aromatic heterocycles. The van der Waals surface area contributed by atoms with Crippen LogP contribution in [0.3, 0.4) is 0 Å². The number of carbonyl (C=O) groups is 1. The fourth-order valence-electron chi connectivity index (χ4n) is 1.11. The highest BCUT2D eigenvalue weighted by Crippen LogP contribution is 2.10. The van der Waals surface area contributed by atoms with E-state index in [-0.39, 0.29) is 18.9 Å². The van der Waals surface area contributed by atoms with Crippen molar-refractivity contribution in [3.63, 3.8) is 0 Å². The van der Waals surface area contributed by atoms with E-state index >= 15 is 0 Å². The van der Waals surface area contributed by atoms with Crippen LogP contribution >= 0.6 is 0 Å². The summed E-state index contributed by atoms with van der Waals surface area (Å²) in [6.07, 6.45) is -0.650. The second-order valence-electron chi connectivity index (χ2n) is 2.55. The maximum atomic E-state index is 12.5. The lowest BCUT2D eigenvalue weighted by atomic mass is 10.2. The summed E-state index contributed by atoms with van der Waals surface area (Å²) in [7, 11) is 0. The number of hydrogen-bond acceptors (Lipinski definition) is 3. The van der Waals surface area contributed by atoms with Gasteiger partial charge in [-0.2, -0.15) is 0 Å². The van der Waals surface area contributed by atoms with Crippen LogP contribution in [0.1, 0.15) is 13.3 Å². The molecule has 0 amide bonds. The Morgan fingerprint density at radius 1 is 1.82 bits per heavy atom. The summed E-state index contributed by atoms with van der Waals surface area (Å²) in [5, 5.41) is 2.74. The van der Waals surface area contributed by atoms with E-state index in [9.17, 15) is 9.18 Å². The molecule has 1 saturated heterocycles. The summed E-state index contributed by atoms with van der Waals surface area (Å²) in [6.45, 7) is 2.36. The zero-order valence-electron chi connectivity index (χ0n) is 6.47. The highest BCUT2D eigenvalue weighted by atomic mass is 19.1. The van der Waals surface area contributed by atoms with E-state index < -0.39 is 12.2 Å². The van der Waals surface area contributed by atoms with Crippen LogP contribution in [-0.2, 0) is 9.53 Å². The van der Waals surface area contributed by atoms with Gasteiger partial charge in [0, 0.05) is 13.0 Å². The molecule has 1 aliphatic rings. The molecule has 0 bridgehead atoms. The van der Waals surface area contributed by atoms with E-state index in [0.29, 0.717) is 6.61 Å². The van der Waals surface area contributed by atoms with Gasteiger partial charge in [0.2, 0.25) is 0 Å². The van der Waals surface area contributed by atoms with Crippen LogP contribution in [0.4, 0.5) is 4.39 Å². The van der Waals surface area contributed by atoms with Gasteiger partial charge in [-0.1, -0.05) is 0 Å². The normalized spacial score (nSPS) is 30.4. The molecular formula is C7H12FNO2. The number of carbonyl (C=O) groups excluding carboxylic acids is 1. The molecule has 0 saturated carbocycles. The minimum atomic E-state index is -0.899. The van der Waals surface area contributed by atoms with Gasteiger partial charge < -0.3 is 10.1 Å². The summed E-state index contributed by atoms with van der Waals surface area (Å²) < 4.78 is 17.2. The molecular weight excluding hydrogens is 149 g/mol. The Morgan fingerprint density at radius 3 is 3.00 bits per heavy atom. The molecule has 1 unspecified atom stereocenters. The Labute approximate surface area is 64.9 Å². The zero-order valence-corrected chi connectivity index (χ0v) is 6.47. The molecule has 1 aliphatic heterocycles. The van der Waals surface area contributed by atoms with E-state index in [1.807, 2.05) is 0 Å². The fraction of sp³-hybridized carbons (Fsp3) is 0.857. The number of alkyl halides is 1. The minimum Gasteiger partial charge on any atom is -0.465 e. The van der Waals surface area contributed by atoms with E-state index in [2.05, 4.69) is 5.32 Å². The Bertz CT molecular complexity index is 151. The second-order valence-corrected chi connectivity index (χ2v) is 2.55. The maximum absolute atomic E-state index is 12.5. The van der Waals surface area contributed by atoms with Gasteiger partial charge in [0.05, 0.1) is 6.61 Å². The van der Waals surface area contributed by atoms with Gasteiger partial charge in [-0.3, -0.25) is 4.79 Å². The molecule has 1 heterocycles. The molecule has 0 aromatic carbocycles. The summed E-state index contributed by atoms with van der Waals surface area (Å²) >= 11 is 0. The predicted molar refractivity (Wildman–Crippen MR) is 37.9 cm³/mol. The van der Waals surface area contributed by atoms with Crippen molar-refractivity contribution in [2.24, 2.45) is 0 Å². The Balaban J connectivity index is 2.31. The third-order valence-corrected chi connectivity index (χ3v) is 1.65. The van der Waals surface area contributed by atoms with Gasteiger partial charge in [0.25, 0.3) is 0 Å². The van der Waals surface area contributed by atoms with Crippen LogP contribution in [0.15, 0.2) is 0 Å². The van der Waals surface area contributed by atoms with Crippen LogP contribution in [0, 0.1) is 0 Å². The average Bonchev–Trinajstić information content (AvgIpc) is 2.36. The highest BCUT2D eigenvalue weighted by molar-refractivity contribution is 5.76. The van der Waals surface area contributed by atoms with Crippen molar-refractivity contribution >= 4 is 5.97 Å². The van der Waals surface area contributed by atoms with Crippen molar-refractivity contribution in [2.75, 3.05) is 13.2 Å². The number of rotatable bonds is 2. The zero-order chi connectivity index (χ0) is 8.27. The van der Waals surface area contributed by atoms with Crippen molar-refractivity contribution in [3.05, 3.63) is 0 Å². The maximum Gasteiger partial charge on any atom is 0.323 e. The number of nitrogens with one attached hydrogen (secondary N) is 1. The third-order valence-electron chi connectivity index (χ3n) is 1.65. The molecule has 11 heavy (non-hydrogen) atoms. The molecule has 1 N–H and O–H groups in total. The summed E-state index contributed by atoms with van der Waals surface area (Å²) in [6, 6.07) is -0.426. The fourth-order valence-corrected chi connectivity index (χ4v) is 1.11. The molecule has 64 valence electrons. The van der Waals surface area contributed by atoms with E-state index in [1.54, 1.807) is 6.92 Å². The first-order valence-corrected chi connectivity index (χ1v) is 3.78. The Hall–Kier alpha value is -0.640. The van der Waals surface area contributed by atoms with Crippen LogP contribution < -0.4 is 5.32 Å². The molecule has 0 aromatic rings. The molecule has 0 aliphatic carbocycles. The molecule has 4 heteroatoms. The first-order chi connectivity index (χ1) is 5.24. The van der Waals surface area contributed by atoms with Crippen molar-refractivity contribution in [1.29, 1.82) is 0 Å². The Morgan fingerprint density at radius 2 is 2.55 bits per heavy atom. The first kappa shape index (κ1) is 8.46. The predicted octanol–water partition coefficient (Wildman–Crippen LogP) is 0.250. The molecule has 2 atom stereocenters. The topological polar surface area (TPSA) is 38.3 Å². The van der Waals surface area contributed by atoms with Crippen molar-refractivity contribution in [2.45, 2.75) is 25.6 Å². The first-order valence-electron chi connectivity index (χ1n) is 3.78. The van der Waals surface area contributed by atoms with Gasteiger partial charge in [0.1, 0.15) is 12.2 Å². The van der Waals surface area contributed by atoms with Crippen molar-refractivity contribution < 1.29 is 13.9 Å². The summed E-state index contributed by atoms with van der Waals surface area (Å²) in [5.74, 6) is -0.340. The lowest BCUT2D eigenvalue weighted by Crippen LogP contribution is -2.32. The smallest absolute Gasteiger partial charge is 0.323 e. The quantitative estimate of drug-likeness (QED) is 0.590. The average molecular weight is 161 g/mol. The third kappa shape index (κ3) is 2.15. The molecule has 1 fully saturated rings. The standard InChI is InChI=1S/C7H12FNO2/c1-2-11-7(10)6-3-5(8)4-9-6/h5-6,9H,2-4H2,1H3/t5?,6-/m0/s1. The molecule has 1 rings (SSSR count). The lowest BCUT2D eigenvalue weighted by Gasteiger charge is -2.07. The van der Waals surface area contributed by atoms with Gasteiger partial charge in [-0.05, 0) is 6.92 Å². The number of esters is 1. The monoisotopic (exact) mass is 161 g/mol. The van der Waals surface area contributed by atoms with Crippen molar-refractivity contribution in [1.82, 2.24) is 5.32 Å². The number of hydrogen-bond donors (Lipinski definition) is 1. The molecule has 3 nitrogen and oxygen atoms in total. The van der Waals surface area contributed by atoms with Crippen LogP contribution in [-0.4, -0.2) is 31.3 Å². The van der Waals surface area contributed by atoms with Crippen molar-refractivity contribution in [3.8, 4) is 0 Å². The number of ether oxygens (including phenoxy) is 1.